The molecule has 0 aliphatic carbocycles. The van der Waals surface area contributed by atoms with E-state index in [2.05, 4.69) is 20.9 Å². The highest BCUT2D eigenvalue weighted by molar-refractivity contribution is 9.10. The predicted octanol–water partition coefficient (Wildman–Crippen LogP) is 4.20. The van der Waals surface area contributed by atoms with Crippen molar-refractivity contribution >= 4 is 33.9 Å². The Morgan fingerprint density at radius 1 is 1.20 bits per heavy atom. The molecule has 6 heteroatoms. The first kappa shape index (κ1) is 17.2. The number of rotatable bonds is 5. The van der Waals surface area contributed by atoms with Crippen molar-refractivity contribution in [2.45, 2.75) is 6.92 Å². The number of halogens is 1. The molecule has 0 radical (unpaired) electrons. The molecule has 3 rings (SSSR count). The monoisotopic (exact) mass is 401 g/mol. The predicted molar refractivity (Wildman–Crippen MR) is 98.9 cm³/mol. The second-order valence-corrected chi connectivity index (χ2v) is 6.11. The Kier molecular flexibility index (Phi) is 5.19. The van der Waals surface area contributed by atoms with Crippen molar-refractivity contribution in [3.05, 3.63) is 63.8 Å². The molecule has 0 saturated carbocycles. The number of carbonyl (C=O) groups excluding carboxylic acids is 1. The largest absolute Gasteiger partial charge is 0.493 e. The number of aliphatic imine (C=N–C) groups is 1. The van der Waals surface area contributed by atoms with E-state index in [4.69, 9.17) is 14.2 Å². The van der Waals surface area contributed by atoms with Crippen LogP contribution in [0.15, 0.2) is 57.6 Å². The van der Waals surface area contributed by atoms with Crippen molar-refractivity contribution in [1.29, 1.82) is 0 Å². The molecule has 1 aliphatic rings. The number of methoxy groups -OCH3 is 1. The molecule has 2 aromatic rings. The fraction of sp³-hybridized carbons (Fsp3) is 0.158. The number of ether oxygens (including phenoxy) is 3. The molecule has 2 aromatic carbocycles. The molecular weight excluding hydrogens is 386 g/mol. The third-order valence-electron chi connectivity index (χ3n) is 3.48. The zero-order chi connectivity index (χ0) is 17.8. The quantitative estimate of drug-likeness (QED) is 0.556. The Hall–Kier alpha value is -2.60. The highest BCUT2D eigenvalue weighted by atomic mass is 79.9. The molecule has 1 heterocycles. The first-order valence-corrected chi connectivity index (χ1v) is 8.49. The summed E-state index contributed by atoms with van der Waals surface area (Å²) in [5.74, 6) is 1.05. The van der Waals surface area contributed by atoms with Crippen LogP contribution in [0.5, 0.6) is 11.5 Å². The molecule has 25 heavy (non-hydrogen) atoms. The van der Waals surface area contributed by atoms with Gasteiger partial charge in [0.2, 0.25) is 5.90 Å². The topological polar surface area (TPSA) is 57.1 Å². The molecule has 0 fully saturated rings. The van der Waals surface area contributed by atoms with Crippen LogP contribution in [-0.2, 0) is 9.53 Å². The van der Waals surface area contributed by atoms with Crippen LogP contribution in [0.2, 0.25) is 0 Å². The Morgan fingerprint density at radius 2 is 2.04 bits per heavy atom. The first-order chi connectivity index (χ1) is 12.1. The second-order valence-electron chi connectivity index (χ2n) is 5.19. The third kappa shape index (κ3) is 3.91. The van der Waals surface area contributed by atoms with Crippen LogP contribution in [-0.4, -0.2) is 25.6 Å². The van der Waals surface area contributed by atoms with Gasteiger partial charge >= 0.3 is 5.97 Å². The Morgan fingerprint density at radius 3 is 2.76 bits per heavy atom. The van der Waals surface area contributed by atoms with Crippen LogP contribution in [0.1, 0.15) is 18.1 Å². The van der Waals surface area contributed by atoms with E-state index in [9.17, 15) is 4.79 Å². The number of nitrogens with zero attached hydrogens (tertiary/aromatic N) is 1. The summed E-state index contributed by atoms with van der Waals surface area (Å²) in [7, 11) is 1.57. The molecule has 0 saturated heterocycles. The highest BCUT2D eigenvalue weighted by Gasteiger charge is 2.24. The summed E-state index contributed by atoms with van der Waals surface area (Å²) in [6, 6.07) is 12.8. The van der Waals surface area contributed by atoms with Gasteiger partial charge in [0.1, 0.15) is 0 Å². The van der Waals surface area contributed by atoms with Gasteiger partial charge in [-0.2, -0.15) is 0 Å². The van der Waals surface area contributed by atoms with Gasteiger partial charge in [-0.1, -0.05) is 28.1 Å². The van der Waals surface area contributed by atoms with E-state index in [0.29, 0.717) is 18.1 Å². The summed E-state index contributed by atoms with van der Waals surface area (Å²) in [6.07, 6.45) is 1.66. The van der Waals surface area contributed by atoms with Gasteiger partial charge < -0.3 is 14.2 Å². The van der Waals surface area contributed by atoms with Crippen LogP contribution in [0.3, 0.4) is 0 Å². The molecule has 0 N–H and O–H groups in total. The lowest BCUT2D eigenvalue weighted by molar-refractivity contribution is -0.129. The molecule has 128 valence electrons. The molecule has 0 spiro atoms. The second kappa shape index (κ2) is 7.53. The SMILES string of the molecule is CCOc1ccc(C=C2N=C(c3cccc(Br)c3)OC2=O)cc1OC. The fourth-order valence-electron chi connectivity index (χ4n) is 2.36. The van der Waals surface area contributed by atoms with Crippen molar-refractivity contribution in [3.8, 4) is 11.5 Å². The van der Waals surface area contributed by atoms with Gasteiger partial charge in [0.05, 0.1) is 13.7 Å². The summed E-state index contributed by atoms with van der Waals surface area (Å²) in [5, 5.41) is 0. The van der Waals surface area contributed by atoms with Crippen LogP contribution in [0, 0.1) is 0 Å². The summed E-state index contributed by atoms with van der Waals surface area (Å²) >= 11 is 3.39. The average molecular weight is 402 g/mol. The van der Waals surface area contributed by atoms with Crippen molar-refractivity contribution in [3.63, 3.8) is 0 Å². The summed E-state index contributed by atoms with van der Waals surface area (Å²) in [5.41, 5.74) is 1.74. The molecule has 0 atom stereocenters. The first-order valence-electron chi connectivity index (χ1n) is 7.70. The normalized spacial score (nSPS) is 15.1. The van der Waals surface area contributed by atoms with Gasteiger partial charge in [-0.25, -0.2) is 9.79 Å². The third-order valence-corrected chi connectivity index (χ3v) is 3.98. The number of hydrogen-bond acceptors (Lipinski definition) is 5. The van der Waals surface area contributed by atoms with Crippen LogP contribution in [0.4, 0.5) is 0 Å². The van der Waals surface area contributed by atoms with Gasteiger partial charge in [-0.3, -0.25) is 0 Å². The van der Waals surface area contributed by atoms with E-state index in [-0.39, 0.29) is 11.6 Å². The minimum Gasteiger partial charge on any atom is -0.493 e. The van der Waals surface area contributed by atoms with Gasteiger partial charge in [-0.05, 0) is 48.9 Å². The van der Waals surface area contributed by atoms with E-state index >= 15 is 0 Å². The van der Waals surface area contributed by atoms with E-state index < -0.39 is 5.97 Å². The Balaban J connectivity index is 1.91. The zero-order valence-electron chi connectivity index (χ0n) is 13.8. The number of benzene rings is 2. The molecule has 1 aliphatic heterocycles. The molecular formula is C19H16BrNO4. The number of esters is 1. The van der Waals surface area contributed by atoms with Crippen LogP contribution >= 0.6 is 15.9 Å². The maximum atomic E-state index is 12.1. The summed E-state index contributed by atoms with van der Waals surface area (Å²) in [4.78, 5) is 16.4. The van der Waals surface area contributed by atoms with Gasteiger partial charge in [0.25, 0.3) is 0 Å². The highest BCUT2D eigenvalue weighted by Crippen LogP contribution is 2.29. The van der Waals surface area contributed by atoms with Crippen molar-refractivity contribution in [2.24, 2.45) is 4.99 Å². The number of carbonyl (C=O) groups is 1. The molecule has 0 aromatic heterocycles. The van der Waals surface area contributed by atoms with E-state index in [1.165, 1.54) is 0 Å². The summed E-state index contributed by atoms with van der Waals surface area (Å²) < 4.78 is 17.0. The maximum Gasteiger partial charge on any atom is 0.363 e. The lowest BCUT2D eigenvalue weighted by Crippen LogP contribution is -2.05. The molecule has 0 unspecified atom stereocenters. The number of hydrogen-bond donors (Lipinski definition) is 0. The summed E-state index contributed by atoms with van der Waals surface area (Å²) in [6.45, 7) is 2.45. The number of cyclic esters (lactones) is 1. The smallest absolute Gasteiger partial charge is 0.363 e. The minimum atomic E-state index is -0.483. The van der Waals surface area contributed by atoms with Crippen LogP contribution < -0.4 is 9.47 Å². The molecule has 5 nitrogen and oxygen atoms in total. The lowest BCUT2D eigenvalue weighted by atomic mass is 10.1. The maximum absolute atomic E-state index is 12.1. The van der Waals surface area contributed by atoms with Crippen LogP contribution in [0.25, 0.3) is 6.08 Å². The van der Waals surface area contributed by atoms with E-state index in [1.54, 1.807) is 25.3 Å². The van der Waals surface area contributed by atoms with Gasteiger partial charge in [0, 0.05) is 10.0 Å². The van der Waals surface area contributed by atoms with E-state index in [0.717, 1.165) is 15.6 Å². The average Bonchev–Trinajstić information content (AvgIpc) is 2.97. The molecule has 0 amide bonds. The minimum absolute atomic E-state index is 0.237. The van der Waals surface area contributed by atoms with Crippen molar-refractivity contribution in [1.82, 2.24) is 0 Å². The molecule has 0 bridgehead atoms. The zero-order valence-corrected chi connectivity index (χ0v) is 15.4. The Bertz CT molecular complexity index is 873. The fourth-order valence-corrected chi connectivity index (χ4v) is 2.76. The van der Waals surface area contributed by atoms with Crippen molar-refractivity contribution in [2.75, 3.05) is 13.7 Å². The van der Waals surface area contributed by atoms with Crippen molar-refractivity contribution < 1.29 is 19.0 Å². The van der Waals surface area contributed by atoms with E-state index in [1.807, 2.05) is 37.3 Å². The lowest BCUT2D eigenvalue weighted by Gasteiger charge is -2.09. The van der Waals surface area contributed by atoms with Gasteiger partial charge in [-0.15, -0.1) is 0 Å². The Labute approximate surface area is 154 Å². The van der Waals surface area contributed by atoms with Gasteiger partial charge in [0.15, 0.2) is 17.2 Å². The standard InChI is InChI=1S/C19H16BrNO4/c1-3-24-16-8-7-12(10-17(16)23-2)9-15-19(22)25-18(21-15)13-5-4-6-14(20)11-13/h4-11H,3H2,1-2H3.